The third kappa shape index (κ3) is 3.29. The molecule has 21 heavy (non-hydrogen) atoms. The number of hydrogen-bond acceptors (Lipinski definition) is 3. The molecule has 0 saturated heterocycles. The van der Waals surface area contributed by atoms with E-state index in [-0.39, 0.29) is 16.7 Å². The van der Waals surface area contributed by atoms with E-state index in [4.69, 9.17) is 0 Å². The third-order valence-corrected chi connectivity index (χ3v) is 2.47. The van der Waals surface area contributed by atoms with Crippen molar-refractivity contribution in [1.29, 1.82) is 0 Å². The first-order valence-electron chi connectivity index (χ1n) is 5.38. The molecular formula is C12H6F6N3. The molecule has 0 aromatic carbocycles. The Morgan fingerprint density at radius 1 is 0.762 bits per heavy atom. The van der Waals surface area contributed by atoms with Crippen LogP contribution >= 0.6 is 0 Å². The largest absolute Gasteiger partial charge is 0.451 e. The maximum atomic E-state index is 12.5. The highest BCUT2D eigenvalue weighted by molar-refractivity contribution is 5.62. The Morgan fingerprint density at radius 2 is 1.29 bits per heavy atom. The van der Waals surface area contributed by atoms with Crippen LogP contribution in [0.3, 0.4) is 0 Å². The summed E-state index contributed by atoms with van der Waals surface area (Å²) in [7, 11) is 0. The Morgan fingerprint density at radius 3 is 1.71 bits per heavy atom. The van der Waals surface area contributed by atoms with Crippen molar-refractivity contribution in [3.05, 3.63) is 48.7 Å². The van der Waals surface area contributed by atoms with Crippen molar-refractivity contribution < 1.29 is 26.3 Å². The Bertz CT molecular complexity index is 646. The summed E-state index contributed by atoms with van der Waals surface area (Å²) in [4.78, 5) is 9.47. The fraction of sp³-hybridized carbons (Fsp3) is 0.167. The van der Waals surface area contributed by atoms with Gasteiger partial charge in [0.1, 0.15) is 5.69 Å². The highest BCUT2D eigenvalue weighted by atomic mass is 19.4. The fourth-order valence-electron chi connectivity index (χ4n) is 1.55. The first kappa shape index (κ1) is 15.2. The molecule has 0 amide bonds. The van der Waals surface area contributed by atoms with Crippen molar-refractivity contribution in [2.45, 2.75) is 12.4 Å². The molecule has 0 unspecified atom stereocenters. The third-order valence-electron chi connectivity index (χ3n) is 2.47. The predicted octanol–water partition coefficient (Wildman–Crippen LogP) is 3.76. The smallest absolute Gasteiger partial charge is 0.251 e. The Balaban J connectivity index is 2.37. The number of aromatic nitrogens is 3. The zero-order valence-corrected chi connectivity index (χ0v) is 10.1. The molecule has 0 aliphatic rings. The minimum Gasteiger partial charge on any atom is -0.251 e. The quantitative estimate of drug-likeness (QED) is 0.753. The number of hydrogen-bond donors (Lipinski definition) is 0. The maximum Gasteiger partial charge on any atom is 0.451 e. The molecule has 0 aliphatic carbocycles. The molecule has 0 N–H and O–H groups in total. The standard InChI is InChI=1S/C12H6F6N3/c1-6-2-7(3-19-9(6)11(13,14)15)8-4-20-10(21-5-8)12(16,17)18/h2-5H,1H2. The van der Waals surface area contributed by atoms with E-state index in [1.807, 2.05) is 0 Å². The molecule has 3 nitrogen and oxygen atoms in total. The number of alkyl halides is 6. The second kappa shape index (κ2) is 4.97. The monoisotopic (exact) mass is 306 g/mol. The number of rotatable bonds is 1. The lowest BCUT2D eigenvalue weighted by Crippen LogP contribution is -2.11. The Labute approximate surface area is 114 Å². The molecule has 0 bridgehead atoms. The molecule has 1 radical (unpaired) electrons. The van der Waals surface area contributed by atoms with Gasteiger partial charge in [-0.25, -0.2) is 9.97 Å². The van der Waals surface area contributed by atoms with Crippen LogP contribution in [-0.4, -0.2) is 15.0 Å². The van der Waals surface area contributed by atoms with Gasteiger partial charge < -0.3 is 0 Å². The highest BCUT2D eigenvalue weighted by Crippen LogP contribution is 2.32. The Kier molecular flexibility index (Phi) is 3.60. The average molecular weight is 306 g/mol. The van der Waals surface area contributed by atoms with Crippen LogP contribution in [0.5, 0.6) is 0 Å². The lowest BCUT2D eigenvalue weighted by atomic mass is 10.1. The topological polar surface area (TPSA) is 38.7 Å². The molecule has 2 aromatic rings. The zero-order chi connectivity index (χ0) is 15.8. The van der Waals surface area contributed by atoms with Crippen molar-refractivity contribution >= 4 is 0 Å². The van der Waals surface area contributed by atoms with E-state index < -0.39 is 23.9 Å². The molecule has 2 aromatic heterocycles. The minimum atomic E-state index is -4.69. The van der Waals surface area contributed by atoms with Crippen LogP contribution in [-0.2, 0) is 12.4 Å². The van der Waals surface area contributed by atoms with Crippen molar-refractivity contribution in [3.8, 4) is 11.1 Å². The first-order chi connectivity index (χ1) is 9.59. The van der Waals surface area contributed by atoms with Gasteiger partial charge in [-0.05, 0) is 18.6 Å². The van der Waals surface area contributed by atoms with Crippen LogP contribution in [0.2, 0.25) is 0 Å². The lowest BCUT2D eigenvalue weighted by Gasteiger charge is -2.10. The molecule has 0 fully saturated rings. The van der Waals surface area contributed by atoms with Gasteiger partial charge in [0.15, 0.2) is 0 Å². The molecular weight excluding hydrogens is 300 g/mol. The van der Waals surface area contributed by atoms with Crippen molar-refractivity contribution in [3.63, 3.8) is 0 Å². The van der Waals surface area contributed by atoms with E-state index in [0.717, 1.165) is 24.7 Å². The van der Waals surface area contributed by atoms with Gasteiger partial charge in [-0.1, -0.05) is 0 Å². The van der Waals surface area contributed by atoms with Crippen molar-refractivity contribution in [2.75, 3.05) is 0 Å². The zero-order valence-electron chi connectivity index (χ0n) is 10.1. The highest BCUT2D eigenvalue weighted by Gasteiger charge is 2.35. The van der Waals surface area contributed by atoms with Gasteiger partial charge in [0, 0.05) is 29.7 Å². The summed E-state index contributed by atoms with van der Waals surface area (Å²) in [6.07, 6.45) is -6.73. The van der Waals surface area contributed by atoms with Gasteiger partial charge in [-0.3, -0.25) is 4.98 Å². The number of halogens is 6. The average Bonchev–Trinajstić information content (AvgIpc) is 2.36. The second-order valence-corrected chi connectivity index (χ2v) is 4.02. The summed E-state index contributed by atoms with van der Waals surface area (Å²) < 4.78 is 74.4. The molecule has 0 atom stereocenters. The molecule has 0 saturated carbocycles. The van der Waals surface area contributed by atoms with Crippen LogP contribution in [0.1, 0.15) is 17.1 Å². The summed E-state index contributed by atoms with van der Waals surface area (Å²) in [5.74, 6) is -1.33. The second-order valence-electron chi connectivity index (χ2n) is 4.02. The number of pyridine rings is 1. The Hall–Kier alpha value is -2.19. The summed E-state index contributed by atoms with van der Waals surface area (Å²) in [6.45, 7) is 3.23. The van der Waals surface area contributed by atoms with Crippen LogP contribution in [0.15, 0.2) is 24.7 Å². The van der Waals surface area contributed by atoms with E-state index in [2.05, 4.69) is 21.9 Å². The maximum absolute atomic E-state index is 12.5. The van der Waals surface area contributed by atoms with Gasteiger partial charge in [0.05, 0.1) is 0 Å². The van der Waals surface area contributed by atoms with Crippen molar-refractivity contribution in [1.82, 2.24) is 15.0 Å². The van der Waals surface area contributed by atoms with E-state index in [0.29, 0.717) is 0 Å². The van der Waals surface area contributed by atoms with Gasteiger partial charge in [-0.2, -0.15) is 26.3 Å². The van der Waals surface area contributed by atoms with Crippen molar-refractivity contribution in [2.24, 2.45) is 0 Å². The van der Waals surface area contributed by atoms with E-state index in [1.165, 1.54) is 0 Å². The molecule has 9 heteroatoms. The molecule has 2 rings (SSSR count). The number of nitrogens with zero attached hydrogens (tertiary/aromatic N) is 3. The molecule has 2 heterocycles. The van der Waals surface area contributed by atoms with E-state index >= 15 is 0 Å². The molecule has 0 aliphatic heterocycles. The summed E-state index contributed by atoms with van der Waals surface area (Å²) in [6, 6.07) is 1.06. The summed E-state index contributed by atoms with van der Waals surface area (Å²) in [5.41, 5.74) is -1.30. The van der Waals surface area contributed by atoms with Gasteiger partial charge in [0.2, 0.25) is 5.82 Å². The lowest BCUT2D eigenvalue weighted by molar-refractivity contribution is -0.145. The van der Waals surface area contributed by atoms with Crippen LogP contribution in [0.4, 0.5) is 26.3 Å². The van der Waals surface area contributed by atoms with E-state index in [1.54, 1.807) is 0 Å². The summed E-state index contributed by atoms with van der Waals surface area (Å²) in [5, 5.41) is 0. The van der Waals surface area contributed by atoms with Gasteiger partial charge >= 0.3 is 12.4 Å². The van der Waals surface area contributed by atoms with Crippen LogP contribution < -0.4 is 0 Å². The molecule has 0 spiro atoms. The fourth-order valence-corrected chi connectivity index (χ4v) is 1.55. The van der Waals surface area contributed by atoms with Crippen LogP contribution in [0, 0.1) is 6.92 Å². The molecule has 111 valence electrons. The predicted molar refractivity (Wildman–Crippen MR) is 59.7 cm³/mol. The minimum absolute atomic E-state index is 0.106. The van der Waals surface area contributed by atoms with E-state index in [9.17, 15) is 26.3 Å². The van der Waals surface area contributed by atoms with Crippen LogP contribution in [0.25, 0.3) is 11.1 Å². The SMILES string of the molecule is [CH2]c1cc(-c2cnc(C(F)(F)F)nc2)cnc1C(F)(F)F. The normalized spacial score (nSPS) is 12.5. The van der Waals surface area contributed by atoms with Gasteiger partial charge in [-0.15, -0.1) is 0 Å². The first-order valence-corrected chi connectivity index (χ1v) is 5.38. The summed E-state index contributed by atoms with van der Waals surface area (Å²) >= 11 is 0. The van der Waals surface area contributed by atoms with Gasteiger partial charge in [0.25, 0.3) is 0 Å².